The monoisotopic (exact) mass is 296 g/mol. The minimum atomic E-state index is 0.646. The van der Waals surface area contributed by atoms with E-state index in [9.17, 15) is 0 Å². The van der Waals surface area contributed by atoms with Gasteiger partial charge in [-0.25, -0.2) is 4.68 Å². The van der Waals surface area contributed by atoms with E-state index in [1.165, 1.54) is 12.8 Å². The van der Waals surface area contributed by atoms with Gasteiger partial charge in [0.2, 0.25) is 0 Å². The number of halogens is 1. The molecule has 0 amide bonds. The fourth-order valence-corrected chi connectivity index (χ4v) is 2.36. The summed E-state index contributed by atoms with van der Waals surface area (Å²) in [5, 5.41) is 17.3. The lowest BCUT2D eigenvalue weighted by Gasteiger charge is -2.14. The highest BCUT2D eigenvalue weighted by Gasteiger charge is 2.16. The summed E-state index contributed by atoms with van der Waals surface area (Å²) in [6.45, 7) is 1.67. The first-order valence-corrected chi connectivity index (χ1v) is 6.85. The Kier molecular flexibility index (Phi) is 2.92. The van der Waals surface area contributed by atoms with E-state index in [0.717, 1.165) is 35.6 Å². The molecular weight excluding hydrogens is 284 g/mol. The second kappa shape index (κ2) is 4.56. The summed E-state index contributed by atoms with van der Waals surface area (Å²) in [5.41, 5.74) is 0.934. The molecule has 0 unspecified atom stereocenters. The fraction of sp³-hybridized carbons (Fsp3) is 0.600. The number of nitrogens with zero attached hydrogens (tertiary/aromatic N) is 6. The van der Waals surface area contributed by atoms with Crippen molar-refractivity contribution in [2.45, 2.75) is 37.7 Å². The van der Waals surface area contributed by atoms with Gasteiger partial charge in [-0.15, -0.1) is 15.3 Å². The van der Waals surface area contributed by atoms with Gasteiger partial charge < -0.3 is 4.57 Å². The van der Waals surface area contributed by atoms with Gasteiger partial charge in [-0.3, -0.25) is 0 Å². The van der Waals surface area contributed by atoms with E-state index >= 15 is 0 Å². The van der Waals surface area contributed by atoms with Crippen molar-refractivity contribution >= 4 is 15.9 Å². The Labute approximate surface area is 107 Å². The molecule has 0 saturated heterocycles. The minimum absolute atomic E-state index is 0.646. The van der Waals surface area contributed by atoms with Gasteiger partial charge in [0.05, 0.1) is 5.69 Å². The molecule has 0 aromatic carbocycles. The number of aromatic nitrogens is 6. The zero-order valence-corrected chi connectivity index (χ0v) is 11.0. The molecule has 1 aliphatic rings. The first kappa shape index (κ1) is 10.9. The van der Waals surface area contributed by atoms with Gasteiger partial charge in [0.1, 0.15) is 12.4 Å². The normalized spacial score (nSPS) is 14.9. The number of fused-ring (bicyclic) bond motifs is 1. The average Bonchev–Trinajstić information content (AvgIpc) is 2.97. The average molecular weight is 297 g/mol. The number of hydrogen-bond donors (Lipinski definition) is 0. The molecule has 0 fully saturated rings. The summed E-state index contributed by atoms with van der Waals surface area (Å²) >= 11 is 3.36. The first-order valence-electron chi connectivity index (χ1n) is 5.73. The van der Waals surface area contributed by atoms with Gasteiger partial charge in [0, 0.05) is 24.5 Å². The molecule has 2 aromatic heterocycles. The Morgan fingerprint density at radius 1 is 1.24 bits per heavy atom. The maximum atomic E-state index is 4.24. The Morgan fingerprint density at radius 3 is 3.00 bits per heavy atom. The lowest BCUT2D eigenvalue weighted by Crippen LogP contribution is -2.15. The van der Waals surface area contributed by atoms with Gasteiger partial charge in [-0.05, 0) is 12.8 Å². The second-order valence-corrected chi connectivity index (χ2v) is 4.74. The molecule has 0 spiro atoms. The van der Waals surface area contributed by atoms with E-state index in [2.05, 4.69) is 41.0 Å². The summed E-state index contributed by atoms with van der Waals surface area (Å²) in [6.07, 6.45) is 5.40. The van der Waals surface area contributed by atoms with Crippen molar-refractivity contribution in [3.05, 3.63) is 23.5 Å². The van der Waals surface area contributed by atoms with Crippen molar-refractivity contribution < 1.29 is 0 Å². The number of aryl methyl sites for hydroxylation is 1. The van der Waals surface area contributed by atoms with Gasteiger partial charge in [0.15, 0.2) is 5.82 Å². The van der Waals surface area contributed by atoms with Crippen molar-refractivity contribution in [3.8, 4) is 0 Å². The zero-order valence-electron chi connectivity index (χ0n) is 9.38. The molecule has 0 aliphatic carbocycles. The topological polar surface area (TPSA) is 61.4 Å². The molecule has 7 heteroatoms. The van der Waals surface area contributed by atoms with Crippen molar-refractivity contribution in [2.75, 3.05) is 0 Å². The zero-order chi connectivity index (χ0) is 11.7. The van der Waals surface area contributed by atoms with Crippen molar-refractivity contribution in [3.63, 3.8) is 0 Å². The highest BCUT2D eigenvalue weighted by atomic mass is 79.9. The maximum Gasteiger partial charge on any atom is 0.154 e. The highest BCUT2D eigenvalue weighted by Crippen LogP contribution is 2.14. The van der Waals surface area contributed by atoms with Gasteiger partial charge in [-0.2, -0.15) is 0 Å². The molecule has 0 bridgehead atoms. The highest BCUT2D eigenvalue weighted by molar-refractivity contribution is 9.08. The van der Waals surface area contributed by atoms with Crippen LogP contribution >= 0.6 is 15.9 Å². The van der Waals surface area contributed by atoms with Crippen LogP contribution in [0.15, 0.2) is 6.20 Å². The third-order valence-electron chi connectivity index (χ3n) is 2.96. The lowest BCUT2D eigenvalue weighted by molar-refractivity contribution is 0.493. The van der Waals surface area contributed by atoms with Crippen LogP contribution in [0.1, 0.15) is 30.2 Å². The Morgan fingerprint density at radius 2 is 2.18 bits per heavy atom. The van der Waals surface area contributed by atoms with Crippen molar-refractivity contribution in [2.24, 2.45) is 0 Å². The third-order valence-corrected chi connectivity index (χ3v) is 3.54. The van der Waals surface area contributed by atoms with Crippen LogP contribution in [0.4, 0.5) is 0 Å². The predicted octanol–water partition coefficient (Wildman–Crippen LogP) is 1.15. The van der Waals surface area contributed by atoms with Crippen LogP contribution in [-0.4, -0.2) is 29.8 Å². The standard InChI is InChI=1S/C10H13BrN6/c11-5-8-6-16(15-12-8)7-10-14-13-9-3-1-2-4-17(9)10/h6H,1-5,7H2. The van der Waals surface area contributed by atoms with Crippen LogP contribution in [0.2, 0.25) is 0 Å². The van der Waals surface area contributed by atoms with Gasteiger partial charge in [-0.1, -0.05) is 21.1 Å². The lowest BCUT2D eigenvalue weighted by atomic mass is 10.2. The molecule has 3 rings (SSSR count). The molecule has 0 radical (unpaired) electrons. The number of alkyl halides is 1. The fourth-order valence-electron chi connectivity index (χ4n) is 2.11. The summed E-state index contributed by atoms with van der Waals surface area (Å²) in [5.74, 6) is 2.08. The molecule has 1 aliphatic heterocycles. The molecule has 17 heavy (non-hydrogen) atoms. The van der Waals surface area contributed by atoms with Gasteiger partial charge >= 0.3 is 0 Å². The number of rotatable bonds is 3. The van der Waals surface area contributed by atoms with Gasteiger partial charge in [0.25, 0.3) is 0 Å². The molecule has 6 nitrogen and oxygen atoms in total. The van der Waals surface area contributed by atoms with E-state index in [4.69, 9.17) is 0 Å². The van der Waals surface area contributed by atoms with Crippen molar-refractivity contribution in [1.82, 2.24) is 29.8 Å². The smallest absolute Gasteiger partial charge is 0.154 e. The van der Waals surface area contributed by atoms with Crippen LogP contribution in [-0.2, 0) is 24.8 Å². The molecule has 0 N–H and O–H groups in total. The van der Waals surface area contributed by atoms with Crippen molar-refractivity contribution in [1.29, 1.82) is 0 Å². The summed E-state index contributed by atoms with van der Waals surface area (Å²) < 4.78 is 4.02. The third kappa shape index (κ3) is 2.11. The summed E-state index contributed by atoms with van der Waals surface area (Å²) in [4.78, 5) is 0. The Hall–Kier alpha value is -1.24. The molecule has 2 aromatic rings. The van der Waals surface area contributed by atoms with Crippen LogP contribution in [0.25, 0.3) is 0 Å². The van der Waals surface area contributed by atoms with E-state index in [-0.39, 0.29) is 0 Å². The minimum Gasteiger partial charge on any atom is -0.313 e. The summed E-state index contributed by atoms with van der Waals surface area (Å²) in [7, 11) is 0. The molecule has 0 saturated carbocycles. The Balaban J connectivity index is 1.82. The second-order valence-electron chi connectivity index (χ2n) is 4.18. The van der Waals surface area contributed by atoms with Crippen LogP contribution in [0, 0.1) is 0 Å². The molecule has 0 atom stereocenters. The van der Waals surface area contributed by atoms with E-state index in [0.29, 0.717) is 6.54 Å². The largest absolute Gasteiger partial charge is 0.313 e. The first-order chi connectivity index (χ1) is 8.36. The van der Waals surface area contributed by atoms with Crippen LogP contribution in [0.3, 0.4) is 0 Å². The molecule has 3 heterocycles. The SMILES string of the molecule is BrCc1cn(Cc2nnc3n2CCCC3)nn1. The summed E-state index contributed by atoms with van der Waals surface area (Å²) in [6, 6.07) is 0. The van der Waals surface area contributed by atoms with E-state index in [1.807, 2.05) is 10.9 Å². The van der Waals surface area contributed by atoms with E-state index in [1.54, 1.807) is 0 Å². The molecular formula is C10H13BrN6. The molecule has 90 valence electrons. The van der Waals surface area contributed by atoms with E-state index < -0.39 is 0 Å². The number of hydrogen-bond acceptors (Lipinski definition) is 4. The Bertz CT molecular complexity index is 517. The van der Waals surface area contributed by atoms with Crippen LogP contribution < -0.4 is 0 Å². The van der Waals surface area contributed by atoms with Crippen LogP contribution in [0.5, 0.6) is 0 Å². The predicted molar refractivity (Wildman–Crippen MR) is 64.7 cm³/mol. The quantitative estimate of drug-likeness (QED) is 0.797. The maximum absolute atomic E-state index is 4.24.